The summed E-state index contributed by atoms with van der Waals surface area (Å²) in [7, 11) is -2.78. The topological polar surface area (TPSA) is 29.0 Å². The molecule has 0 saturated heterocycles. The van der Waals surface area contributed by atoms with Crippen LogP contribution in [-0.4, -0.2) is 18.0 Å². The smallest absolute Gasteiger partial charge is 0.179 e. The van der Waals surface area contributed by atoms with E-state index in [1.54, 1.807) is 0 Å². The van der Waals surface area contributed by atoms with Crippen LogP contribution in [0.15, 0.2) is 200 Å². The van der Waals surface area contributed by atoms with E-state index < -0.39 is 8.07 Å². The Bertz CT molecular complexity index is 2670. The lowest BCUT2D eigenvalue weighted by molar-refractivity contribution is -0.0419. The highest BCUT2D eigenvalue weighted by Crippen LogP contribution is 2.69. The average Bonchev–Trinajstić information content (AvgIpc) is 3.32. The maximum Gasteiger partial charge on any atom is 0.179 e. The summed E-state index contributed by atoms with van der Waals surface area (Å²) in [6, 6.07) is 74.2. The van der Waals surface area contributed by atoms with Crippen LogP contribution < -0.4 is 25.6 Å². The molecule has 7 aromatic carbocycles. The van der Waals surface area contributed by atoms with E-state index >= 15 is 0 Å². The fourth-order valence-corrected chi connectivity index (χ4v) is 17.6. The third-order valence-electron chi connectivity index (χ3n) is 14.8. The number of hydrogen-bond donors (Lipinski definition) is 0. The Balaban J connectivity index is 1.08. The number of rotatable bonds is 7. The number of aromatic nitrogens is 2. The van der Waals surface area contributed by atoms with Crippen molar-refractivity contribution in [2.75, 3.05) is 4.90 Å². The first-order chi connectivity index (χ1) is 29.7. The van der Waals surface area contributed by atoms with Crippen molar-refractivity contribution in [3.8, 4) is 22.6 Å². The van der Waals surface area contributed by atoms with Crippen molar-refractivity contribution >= 4 is 46.0 Å². The van der Waals surface area contributed by atoms with Crippen molar-refractivity contribution in [3.05, 3.63) is 211 Å². The van der Waals surface area contributed by atoms with E-state index in [2.05, 4.69) is 205 Å². The van der Waals surface area contributed by atoms with Gasteiger partial charge in [0.25, 0.3) is 0 Å². The Hall–Kier alpha value is -6.36. The van der Waals surface area contributed by atoms with Gasteiger partial charge < -0.3 is 0 Å². The number of nitrogens with zero attached hydrogens (tertiary/aromatic N) is 3. The van der Waals surface area contributed by atoms with Gasteiger partial charge in [-0.2, -0.15) is 0 Å². The Kier molecular flexibility index (Phi) is 8.38. The zero-order valence-electron chi connectivity index (χ0n) is 33.7. The molecule has 2 heterocycles. The van der Waals surface area contributed by atoms with Gasteiger partial charge in [-0.1, -0.05) is 182 Å². The first-order valence-electron chi connectivity index (χ1n) is 21.9. The molecule has 4 fully saturated rings. The van der Waals surface area contributed by atoms with Gasteiger partial charge in [-0.05, 0) is 99.8 Å². The van der Waals surface area contributed by atoms with Gasteiger partial charge in [-0.15, -0.1) is 0 Å². The monoisotopic (exact) mass is 789 g/mol. The lowest BCUT2D eigenvalue weighted by Gasteiger charge is -2.64. The van der Waals surface area contributed by atoms with Crippen molar-refractivity contribution < 1.29 is 0 Å². The molecule has 0 radical (unpaired) electrons. The zero-order valence-corrected chi connectivity index (χ0v) is 34.7. The zero-order chi connectivity index (χ0) is 39.7. The van der Waals surface area contributed by atoms with Gasteiger partial charge in [0.05, 0.1) is 17.1 Å². The predicted molar refractivity (Wildman–Crippen MR) is 249 cm³/mol. The number of benzene rings is 7. The number of anilines is 3. The van der Waals surface area contributed by atoms with Crippen molar-refractivity contribution in [2.45, 2.75) is 37.5 Å². The SMILES string of the molecule is c1ccc(-c2cc(N3c4ccccc4C4(c5ccccc53)C3CC5CC(C3)CC4C5)nc(-c3cccc([Si](c4ccccc4)(c4ccccc4)c4ccccc4)c3)n2)cc1. The largest absolute Gasteiger partial charge is 0.294 e. The van der Waals surface area contributed by atoms with Crippen molar-refractivity contribution in [1.82, 2.24) is 9.97 Å². The van der Waals surface area contributed by atoms with Crippen LogP contribution in [0, 0.1) is 23.7 Å². The highest BCUT2D eigenvalue weighted by Gasteiger charge is 2.61. The van der Waals surface area contributed by atoms with E-state index in [0.29, 0.717) is 11.8 Å². The molecule has 3 nitrogen and oxygen atoms in total. The molecule has 1 spiro atoms. The average molecular weight is 790 g/mol. The van der Waals surface area contributed by atoms with Gasteiger partial charge in [-0.25, -0.2) is 9.97 Å². The molecule has 13 rings (SSSR count). The highest BCUT2D eigenvalue weighted by molar-refractivity contribution is 7.19. The molecule has 290 valence electrons. The standard InChI is InChI=1S/C56H47N3Si/c1-5-18-41(19-6-1)51-38-54(59-52-30-15-13-28-49(52)56(50-29-14-16-31-53(50)59)43-33-39-32-40(35-43)36-44(56)34-39)58-55(57-51)42-20-17-27-48(37-42)60(45-21-7-2-8-22-45,46-23-9-3-10-24-46)47-25-11-4-12-26-47/h1-31,37-40,43-44H,32-36H2. The van der Waals surface area contributed by atoms with E-state index in [1.165, 1.54) is 75.4 Å². The fourth-order valence-electron chi connectivity index (χ4n) is 12.8. The lowest BCUT2D eigenvalue weighted by atomic mass is 9.41. The van der Waals surface area contributed by atoms with Gasteiger partial charge in [-0.3, -0.25) is 4.90 Å². The molecule has 0 unspecified atom stereocenters. The van der Waals surface area contributed by atoms with Gasteiger partial charge in [0, 0.05) is 22.6 Å². The van der Waals surface area contributed by atoms with Crippen LogP contribution in [0.5, 0.6) is 0 Å². The van der Waals surface area contributed by atoms with Crippen LogP contribution in [0.1, 0.15) is 43.2 Å². The van der Waals surface area contributed by atoms with E-state index in [9.17, 15) is 0 Å². The normalized spacial score (nSPS) is 20.8. The molecule has 1 aliphatic heterocycles. The lowest BCUT2D eigenvalue weighted by Crippen LogP contribution is -2.74. The number of para-hydroxylation sites is 2. The fraction of sp³-hybridized carbons (Fsp3) is 0.179. The minimum Gasteiger partial charge on any atom is -0.294 e. The van der Waals surface area contributed by atoms with Gasteiger partial charge >= 0.3 is 0 Å². The van der Waals surface area contributed by atoms with E-state index in [4.69, 9.17) is 9.97 Å². The second-order valence-electron chi connectivity index (χ2n) is 17.8. The molecule has 1 aromatic heterocycles. The van der Waals surface area contributed by atoms with Crippen LogP contribution >= 0.6 is 0 Å². The number of fused-ring (bicyclic) bond motifs is 2. The Morgan fingerprint density at radius 3 is 1.40 bits per heavy atom. The summed E-state index contributed by atoms with van der Waals surface area (Å²) in [5.74, 6) is 4.75. The van der Waals surface area contributed by atoms with Crippen molar-refractivity contribution in [3.63, 3.8) is 0 Å². The molecule has 4 bridgehead atoms. The second kappa shape index (κ2) is 14.1. The van der Waals surface area contributed by atoms with Crippen LogP contribution in [0.4, 0.5) is 17.2 Å². The van der Waals surface area contributed by atoms with E-state index in [1.807, 2.05) is 0 Å². The van der Waals surface area contributed by atoms with Crippen LogP contribution in [0.25, 0.3) is 22.6 Å². The van der Waals surface area contributed by atoms with Crippen LogP contribution in [0.3, 0.4) is 0 Å². The minimum atomic E-state index is -2.78. The molecule has 4 saturated carbocycles. The van der Waals surface area contributed by atoms with Crippen molar-refractivity contribution in [2.24, 2.45) is 23.7 Å². The Morgan fingerprint density at radius 1 is 0.417 bits per heavy atom. The van der Waals surface area contributed by atoms with Crippen molar-refractivity contribution in [1.29, 1.82) is 0 Å². The highest BCUT2D eigenvalue weighted by atomic mass is 28.3. The van der Waals surface area contributed by atoms with E-state index in [-0.39, 0.29) is 5.41 Å². The molecule has 5 aliphatic rings. The third-order valence-corrected chi connectivity index (χ3v) is 19.6. The molecule has 0 N–H and O–H groups in total. The first-order valence-corrected chi connectivity index (χ1v) is 23.9. The predicted octanol–water partition coefficient (Wildman–Crippen LogP) is 10.7. The second-order valence-corrected chi connectivity index (χ2v) is 21.6. The summed E-state index contributed by atoms with van der Waals surface area (Å²) >= 11 is 0. The molecule has 60 heavy (non-hydrogen) atoms. The van der Waals surface area contributed by atoms with Gasteiger partial charge in [0.2, 0.25) is 0 Å². The third kappa shape index (κ3) is 5.33. The van der Waals surface area contributed by atoms with Crippen LogP contribution in [0.2, 0.25) is 0 Å². The Labute approximate surface area is 354 Å². The van der Waals surface area contributed by atoms with Gasteiger partial charge in [0.1, 0.15) is 5.82 Å². The molecular weight excluding hydrogens is 743 g/mol. The summed E-state index contributed by atoms with van der Waals surface area (Å²) < 4.78 is 0. The summed E-state index contributed by atoms with van der Waals surface area (Å²) in [6.07, 6.45) is 6.84. The summed E-state index contributed by atoms with van der Waals surface area (Å²) in [6.45, 7) is 0. The molecule has 4 aliphatic carbocycles. The maximum absolute atomic E-state index is 5.65. The first kappa shape index (κ1) is 35.6. The summed E-state index contributed by atoms with van der Waals surface area (Å²) in [5.41, 5.74) is 8.57. The molecular formula is C56H47N3Si. The van der Waals surface area contributed by atoms with E-state index in [0.717, 1.165) is 40.3 Å². The Morgan fingerprint density at radius 2 is 0.867 bits per heavy atom. The van der Waals surface area contributed by atoms with Gasteiger partial charge in [0.15, 0.2) is 13.9 Å². The summed E-state index contributed by atoms with van der Waals surface area (Å²) in [4.78, 5) is 13.6. The summed E-state index contributed by atoms with van der Waals surface area (Å²) in [5, 5.41) is 5.34. The minimum absolute atomic E-state index is 0.0316. The molecule has 0 atom stereocenters. The number of hydrogen-bond acceptors (Lipinski definition) is 3. The van der Waals surface area contributed by atoms with Crippen LogP contribution in [-0.2, 0) is 5.41 Å². The quantitative estimate of drug-likeness (QED) is 0.119. The molecule has 4 heteroatoms. The maximum atomic E-state index is 5.65. The molecule has 0 amide bonds. The molecule has 8 aromatic rings.